The van der Waals surface area contributed by atoms with Crippen LogP contribution >= 0.6 is 11.6 Å². The van der Waals surface area contributed by atoms with Crippen LogP contribution in [0.25, 0.3) is 17.0 Å². The quantitative estimate of drug-likeness (QED) is 0.603. The summed E-state index contributed by atoms with van der Waals surface area (Å²) < 4.78 is 1.92. The van der Waals surface area contributed by atoms with Gasteiger partial charge in [0, 0.05) is 12.4 Å². The summed E-state index contributed by atoms with van der Waals surface area (Å²) >= 11 is 5.86. The first-order chi connectivity index (χ1) is 7.84. The van der Waals surface area contributed by atoms with Gasteiger partial charge in [0.1, 0.15) is 5.15 Å². The van der Waals surface area contributed by atoms with Crippen LogP contribution in [0.2, 0.25) is 5.15 Å². The smallest absolute Gasteiger partial charge is 0.155 e. The zero-order valence-corrected chi connectivity index (χ0v) is 8.96. The molecule has 0 aliphatic carbocycles. The topological polar surface area (TPSA) is 43.1 Å². The molecule has 0 saturated heterocycles. The SMILES string of the molecule is Clc1cccc(-c2cnc3cnccn23)n1. The Morgan fingerprint density at radius 3 is 3.00 bits per heavy atom. The largest absolute Gasteiger partial charge is 0.295 e. The van der Waals surface area contributed by atoms with Gasteiger partial charge in [-0.3, -0.25) is 9.38 Å². The summed E-state index contributed by atoms with van der Waals surface area (Å²) in [5, 5.41) is 0.474. The minimum Gasteiger partial charge on any atom is -0.295 e. The number of aromatic nitrogens is 4. The van der Waals surface area contributed by atoms with Crippen molar-refractivity contribution >= 4 is 17.2 Å². The van der Waals surface area contributed by atoms with E-state index in [0.717, 1.165) is 17.0 Å². The predicted octanol–water partition coefficient (Wildman–Crippen LogP) is 2.44. The van der Waals surface area contributed by atoms with Gasteiger partial charge >= 0.3 is 0 Å². The summed E-state index contributed by atoms with van der Waals surface area (Å²) in [4.78, 5) is 12.5. The van der Waals surface area contributed by atoms with Gasteiger partial charge < -0.3 is 0 Å². The van der Waals surface area contributed by atoms with Gasteiger partial charge in [-0.1, -0.05) is 17.7 Å². The third kappa shape index (κ3) is 1.44. The Bertz CT molecular complexity index is 647. The zero-order valence-electron chi connectivity index (χ0n) is 8.21. The molecule has 0 spiro atoms. The molecule has 0 radical (unpaired) electrons. The number of hydrogen-bond acceptors (Lipinski definition) is 3. The van der Waals surface area contributed by atoms with Crippen LogP contribution in [0, 0.1) is 0 Å². The van der Waals surface area contributed by atoms with E-state index in [1.165, 1.54) is 0 Å². The normalized spacial score (nSPS) is 10.8. The molecule has 3 rings (SSSR count). The second-order valence-corrected chi connectivity index (χ2v) is 3.68. The van der Waals surface area contributed by atoms with Crippen LogP contribution in [0.4, 0.5) is 0 Å². The lowest BCUT2D eigenvalue weighted by Gasteiger charge is -2.00. The number of pyridine rings is 1. The third-order valence-corrected chi connectivity index (χ3v) is 2.51. The number of nitrogens with zero attached hydrogens (tertiary/aromatic N) is 4. The molecule has 0 amide bonds. The van der Waals surface area contributed by atoms with E-state index in [1.54, 1.807) is 24.7 Å². The number of imidazole rings is 1. The maximum absolute atomic E-state index is 5.86. The monoisotopic (exact) mass is 230 g/mol. The number of hydrogen-bond donors (Lipinski definition) is 0. The van der Waals surface area contributed by atoms with Gasteiger partial charge in [0.15, 0.2) is 5.65 Å². The molecule has 0 aliphatic heterocycles. The first kappa shape index (κ1) is 9.30. The highest BCUT2D eigenvalue weighted by Gasteiger charge is 2.06. The Kier molecular flexibility index (Phi) is 2.08. The highest BCUT2D eigenvalue weighted by Crippen LogP contribution is 2.19. The molecular weight excluding hydrogens is 224 g/mol. The van der Waals surface area contributed by atoms with Crippen molar-refractivity contribution in [3.8, 4) is 11.4 Å². The van der Waals surface area contributed by atoms with Crippen molar-refractivity contribution in [3.05, 3.63) is 48.1 Å². The van der Waals surface area contributed by atoms with Crippen LogP contribution in [0.1, 0.15) is 0 Å². The average Bonchev–Trinajstić information content (AvgIpc) is 2.72. The highest BCUT2D eigenvalue weighted by atomic mass is 35.5. The van der Waals surface area contributed by atoms with Gasteiger partial charge in [-0.25, -0.2) is 9.97 Å². The molecule has 0 atom stereocenters. The minimum absolute atomic E-state index is 0.474. The molecule has 0 aromatic carbocycles. The van der Waals surface area contributed by atoms with Crippen molar-refractivity contribution in [3.63, 3.8) is 0 Å². The molecule has 0 bridgehead atoms. The lowest BCUT2D eigenvalue weighted by Crippen LogP contribution is -1.90. The van der Waals surface area contributed by atoms with Gasteiger partial charge in [0.2, 0.25) is 0 Å². The third-order valence-electron chi connectivity index (χ3n) is 2.29. The summed E-state index contributed by atoms with van der Waals surface area (Å²) in [6.07, 6.45) is 7.02. The average molecular weight is 231 g/mol. The minimum atomic E-state index is 0.474. The maximum Gasteiger partial charge on any atom is 0.155 e. The highest BCUT2D eigenvalue weighted by molar-refractivity contribution is 6.29. The van der Waals surface area contributed by atoms with Gasteiger partial charge in [-0.05, 0) is 12.1 Å². The fourth-order valence-corrected chi connectivity index (χ4v) is 1.75. The number of halogens is 1. The molecule has 78 valence electrons. The molecular formula is C11H7ClN4. The van der Waals surface area contributed by atoms with Crippen molar-refractivity contribution in [1.82, 2.24) is 19.4 Å². The Morgan fingerprint density at radius 1 is 1.19 bits per heavy atom. The lowest BCUT2D eigenvalue weighted by molar-refractivity contribution is 1.12. The van der Waals surface area contributed by atoms with Gasteiger partial charge in [-0.15, -0.1) is 0 Å². The molecule has 3 aromatic rings. The lowest BCUT2D eigenvalue weighted by atomic mass is 10.3. The van der Waals surface area contributed by atoms with E-state index in [9.17, 15) is 0 Å². The van der Waals surface area contributed by atoms with E-state index in [-0.39, 0.29) is 0 Å². The summed E-state index contributed by atoms with van der Waals surface area (Å²) in [6, 6.07) is 5.51. The predicted molar refractivity (Wildman–Crippen MR) is 61.2 cm³/mol. The Morgan fingerprint density at radius 2 is 2.12 bits per heavy atom. The molecule has 4 nitrogen and oxygen atoms in total. The molecule has 0 saturated carbocycles. The molecule has 3 aromatic heterocycles. The Balaban J connectivity index is 2.26. The Labute approximate surface area is 96.6 Å². The van der Waals surface area contributed by atoms with Gasteiger partial charge in [0.05, 0.1) is 23.8 Å². The van der Waals surface area contributed by atoms with E-state index in [0.29, 0.717) is 5.15 Å². The molecule has 5 heteroatoms. The second-order valence-electron chi connectivity index (χ2n) is 3.29. The van der Waals surface area contributed by atoms with Gasteiger partial charge in [0.25, 0.3) is 0 Å². The van der Waals surface area contributed by atoms with Crippen molar-refractivity contribution < 1.29 is 0 Å². The molecule has 0 N–H and O–H groups in total. The van der Waals surface area contributed by atoms with Crippen LogP contribution in [0.15, 0.2) is 43.0 Å². The van der Waals surface area contributed by atoms with Crippen LogP contribution in [-0.4, -0.2) is 19.4 Å². The van der Waals surface area contributed by atoms with Crippen molar-refractivity contribution in [2.24, 2.45) is 0 Å². The van der Waals surface area contributed by atoms with E-state index in [2.05, 4.69) is 15.0 Å². The fourth-order valence-electron chi connectivity index (χ4n) is 1.58. The van der Waals surface area contributed by atoms with E-state index in [4.69, 9.17) is 11.6 Å². The maximum atomic E-state index is 5.86. The summed E-state index contributed by atoms with van der Waals surface area (Å²) in [7, 11) is 0. The van der Waals surface area contributed by atoms with Crippen molar-refractivity contribution in [2.75, 3.05) is 0 Å². The Hall–Kier alpha value is -1.94. The zero-order chi connectivity index (χ0) is 11.0. The van der Waals surface area contributed by atoms with Crippen molar-refractivity contribution in [1.29, 1.82) is 0 Å². The number of rotatable bonds is 1. The van der Waals surface area contributed by atoms with Crippen LogP contribution in [0.3, 0.4) is 0 Å². The molecule has 0 fully saturated rings. The fraction of sp³-hybridized carbons (Fsp3) is 0. The first-order valence-electron chi connectivity index (χ1n) is 4.74. The second kappa shape index (κ2) is 3.57. The van der Waals surface area contributed by atoms with E-state index < -0.39 is 0 Å². The summed E-state index contributed by atoms with van der Waals surface area (Å²) in [6.45, 7) is 0. The van der Waals surface area contributed by atoms with Crippen LogP contribution in [0.5, 0.6) is 0 Å². The summed E-state index contributed by atoms with van der Waals surface area (Å²) in [5.41, 5.74) is 2.49. The molecule has 3 heterocycles. The van der Waals surface area contributed by atoms with E-state index in [1.807, 2.05) is 22.7 Å². The summed E-state index contributed by atoms with van der Waals surface area (Å²) in [5.74, 6) is 0. The first-order valence-corrected chi connectivity index (χ1v) is 5.12. The molecule has 0 unspecified atom stereocenters. The molecule has 16 heavy (non-hydrogen) atoms. The number of fused-ring (bicyclic) bond motifs is 1. The van der Waals surface area contributed by atoms with Gasteiger partial charge in [-0.2, -0.15) is 0 Å². The van der Waals surface area contributed by atoms with Crippen LogP contribution in [-0.2, 0) is 0 Å². The molecule has 0 aliphatic rings. The van der Waals surface area contributed by atoms with Crippen LogP contribution < -0.4 is 0 Å². The standard InChI is InChI=1S/C11H7ClN4/c12-10-3-1-2-8(15-10)9-6-14-11-7-13-4-5-16(9)11/h1-7H. The van der Waals surface area contributed by atoms with E-state index >= 15 is 0 Å². The van der Waals surface area contributed by atoms with Crippen molar-refractivity contribution in [2.45, 2.75) is 0 Å².